The maximum atomic E-state index is 14.6. The van der Waals surface area contributed by atoms with E-state index in [0.717, 1.165) is 27.8 Å². The molecule has 2 nitrogen and oxygen atoms in total. The van der Waals surface area contributed by atoms with Gasteiger partial charge >= 0.3 is 0 Å². The Hall–Kier alpha value is -3.78. The van der Waals surface area contributed by atoms with Gasteiger partial charge in [0.05, 0.1) is 0 Å². The van der Waals surface area contributed by atoms with Crippen LogP contribution in [0.3, 0.4) is 0 Å². The van der Waals surface area contributed by atoms with Crippen LogP contribution >= 0.6 is 0 Å². The topological polar surface area (TPSA) is 34.1 Å². The molecule has 0 spiro atoms. The fourth-order valence-electron chi connectivity index (χ4n) is 5.20. The Kier molecular flexibility index (Phi) is 6.61. The highest BCUT2D eigenvalue weighted by molar-refractivity contribution is 6.21. The lowest BCUT2D eigenvalue weighted by atomic mass is 9.62. The molecule has 0 radical (unpaired) electrons. The van der Waals surface area contributed by atoms with E-state index in [-0.39, 0.29) is 11.6 Å². The first-order valence-corrected chi connectivity index (χ1v) is 11.7. The Morgan fingerprint density at radius 3 is 1.47 bits per heavy atom. The Morgan fingerprint density at radius 1 is 0.618 bits per heavy atom. The number of benzene rings is 4. The Balaban J connectivity index is 2.02. The van der Waals surface area contributed by atoms with Gasteiger partial charge < -0.3 is 0 Å². The molecule has 2 heteroatoms. The maximum Gasteiger partial charge on any atom is 0.177 e. The van der Waals surface area contributed by atoms with Crippen LogP contribution in [-0.2, 0) is 0 Å². The number of carbonyl (C=O) groups excluding carboxylic acids is 2. The smallest absolute Gasteiger partial charge is 0.177 e. The summed E-state index contributed by atoms with van der Waals surface area (Å²) in [7, 11) is 0. The number of carbonyl (C=O) groups is 2. The van der Waals surface area contributed by atoms with Crippen LogP contribution in [0, 0.1) is 26.2 Å². The summed E-state index contributed by atoms with van der Waals surface area (Å²) in [5, 5.41) is 0. The molecule has 0 aliphatic rings. The molecule has 1 unspecified atom stereocenters. The lowest BCUT2D eigenvalue weighted by Gasteiger charge is -2.37. The molecule has 0 amide bonds. The molecule has 1 atom stereocenters. The highest BCUT2D eigenvalue weighted by Crippen LogP contribution is 2.46. The van der Waals surface area contributed by atoms with Gasteiger partial charge in [0.25, 0.3) is 0 Å². The second-order valence-electron chi connectivity index (χ2n) is 9.25. The minimum Gasteiger partial charge on any atom is -0.293 e. The molecule has 4 aromatic carbocycles. The van der Waals surface area contributed by atoms with Crippen molar-refractivity contribution in [1.82, 2.24) is 0 Å². The number of aryl methyl sites for hydroxylation is 3. The standard InChI is InChI=1S/C32H30O2/c1-22-20-23(2)28(24(3)21-22)31(34)32(4,30(33)27-18-12-7-13-19-27)29(25-14-8-5-9-15-25)26-16-10-6-11-17-26/h5-21,29H,1-4H3. The molecule has 0 aliphatic heterocycles. The molecule has 4 rings (SSSR count). The van der Waals surface area contributed by atoms with E-state index in [9.17, 15) is 9.59 Å². The first kappa shape index (κ1) is 23.4. The predicted molar refractivity (Wildman–Crippen MR) is 139 cm³/mol. The van der Waals surface area contributed by atoms with E-state index in [1.807, 2.05) is 119 Å². The number of hydrogen-bond acceptors (Lipinski definition) is 2. The molecule has 170 valence electrons. The lowest BCUT2D eigenvalue weighted by molar-refractivity contribution is 0.0661. The van der Waals surface area contributed by atoms with Crippen molar-refractivity contribution in [3.05, 3.63) is 142 Å². The summed E-state index contributed by atoms with van der Waals surface area (Å²) in [5.41, 5.74) is 4.60. The maximum absolute atomic E-state index is 14.6. The molecule has 0 aromatic heterocycles. The van der Waals surface area contributed by atoms with E-state index in [1.165, 1.54) is 0 Å². The van der Waals surface area contributed by atoms with Crippen LogP contribution in [0.2, 0.25) is 0 Å². The van der Waals surface area contributed by atoms with Gasteiger partial charge in [0.15, 0.2) is 11.6 Å². The van der Waals surface area contributed by atoms with E-state index in [2.05, 4.69) is 0 Å². The van der Waals surface area contributed by atoms with E-state index in [1.54, 1.807) is 12.1 Å². The van der Waals surface area contributed by atoms with Gasteiger partial charge in [0.2, 0.25) is 0 Å². The Labute approximate surface area is 202 Å². The van der Waals surface area contributed by atoms with Crippen molar-refractivity contribution in [2.24, 2.45) is 5.41 Å². The van der Waals surface area contributed by atoms with Crippen LogP contribution in [0.15, 0.2) is 103 Å². The van der Waals surface area contributed by atoms with E-state index >= 15 is 0 Å². The predicted octanol–water partition coefficient (Wildman–Crippen LogP) is 7.52. The van der Waals surface area contributed by atoms with Gasteiger partial charge in [0.1, 0.15) is 5.41 Å². The average molecular weight is 447 g/mol. The van der Waals surface area contributed by atoms with Gasteiger partial charge in [-0.05, 0) is 49.9 Å². The van der Waals surface area contributed by atoms with Crippen molar-refractivity contribution in [2.45, 2.75) is 33.6 Å². The summed E-state index contributed by atoms with van der Waals surface area (Å²) in [6, 6.07) is 33.0. The largest absolute Gasteiger partial charge is 0.293 e. The molecule has 34 heavy (non-hydrogen) atoms. The van der Waals surface area contributed by atoms with Crippen molar-refractivity contribution >= 4 is 11.6 Å². The molecular weight excluding hydrogens is 416 g/mol. The van der Waals surface area contributed by atoms with Crippen LogP contribution in [-0.4, -0.2) is 11.6 Å². The Morgan fingerprint density at radius 2 is 1.03 bits per heavy atom. The van der Waals surface area contributed by atoms with Crippen molar-refractivity contribution in [3.63, 3.8) is 0 Å². The molecule has 0 bridgehead atoms. The zero-order valence-electron chi connectivity index (χ0n) is 20.2. The normalized spacial score (nSPS) is 12.9. The van der Waals surface area contributed by atoms with E-state index in [4.69, 9.17) is 0 Å². The first-order valence-electron chi connectivity index (χ1n) is 11.7. The van der Waals surface area contributed by atoms with E-state index in [0.29, 0.717) is 11.1 Å². The van der Waals surface area contributed by atoms with Gasteiger partial charge in [0, 0.05) is 17.0 Å². The number of Topliss-reactive ketones (excluding diaryl/α,β-unsaturated/α-hetero) is 2. The van der Waals surface area contributed by atoms with Crippen LogP contribution in [0.25, 0.3) is 0 Å². The van der Waals surface area contributed by atoms with Gasteiger partial charge in [-0.25, -0.2) is 0 Å². The SMILES string of the molecule is Cc1cc(C)c(C(=O)C(C)(C(=O)c2ccccc2)C(c2ccccc2)c2ccccc2)c(C)c1. The monoisotopic (exact) mass is 446 g/mol. The van der Waals surface area contributed by atoms with Crippen molar-refractivity contribution in [3.8, 4) is 0 Å². The third-order valence-electron chi connectivity index (χ3n) is 6.73. The third-order valence-corrected chi connectivity index (χ3v) is 6.73. The second kappa shape index (κ2) is 9.61. The quantitative estimate of drug-likeness (QED) is 0.217. The molecule has 0 fully saturated rings. The van der Waals surface area contributed by atoms with Crippen LogP contribution < -0.4 is 0 Å². The summed E-state index contributed by atoms with van der Waals surface area (Å²) in [4.78, 5) is 28.9. The zero-order valence-corrected chi connectivity index (χ0v) is 20.2. The molecule has 0 heterocycles. The van der Waals surface area contributed by atoms with Crippen molar-refractivity contribution in [1.29, 1.82) is 0 Å². The van der Waals surface area contributed by atoms with Gasteiger partial charge in [-0.15, -0.1) is 0 Å². The Bertz CT molecular complexity index is 1240. The fourth-order valence-corrected chi connectivity index (χ4v) is 5.20. The van der Waals surface area contributed by atoms with Crippen LogP contribution in [0.1, 0.15) is 61.4 Å². The van der Waals surface area contributed by atoms with Crippen LogP contribution in [0.4, 0.5) is 0 Å². The summed E-state index contributed by atoms with van der Waals surface area (Å²) >= 11 is 0. The summed E-state index contributed by atoms with van der Waals surface area (Å²) < 4.78 is 0. The highest BCUT2D eigenvalue weighted by atomic mass is 16.2. The highest BCUT2D eigenvalue weighted by Gasteiger charge is 2.50. The minimum absolute atomic E-state index is 0.144. The van der Waals surface area contributed by atoms with Crippen LogP contribution in [0.5, 0.6) is 0 Å². The number of hydrogen-bond donors (Lipinski definition) is 0. The summed E-state index contributed by atoms with van der Waals surface area (Å²) in [5.74, 6) is -0.764. The zero-order chi connectivity index (χ0) is 24.3. The molecule has 0 aliphatic carbocycles. The fraction of sp³-hybridized carbons (Fsp3) is 0.188. The number of ketones is 2. The third kappa shape index (κ3) is 4.24. The molecule has 0 saturated heterocycles. The molecular formula is C32H30O2. The number of rotatable bonds is 7. The van der Waals surface area contributed by atoms with Gasteiger partial charge in [-0.3, -0.25) is 9.59 Å². The molecule has 4 aromatic rings. The molecule has 0 N–H and O–H groups in total. The van der Waals surface area contributed by atoms with Crippen molar-refractivity contribution in [2.75, 3.05) is 0 Å². The molecule has 0 saturated carbocycles. The van der Waals surface area contributed by atoms with Gasteiger partial charge in [-0.1, -0.05) is 109 Å². The second-order valence-corrected chi connectivity index (χ2v) is 9.25. The average Bonchev–Trinajstić information content (AvgIpc) is 2.84. The van der Waals surface area contributed by atoms with E-state index < -0.39 is 11.3 Å². The summed E-state index contributed by atoms with van der Waals surface area (Å²) in [6.07, 6.45) is 0. The summed E-state index contributed by atoms with van der Waals surface area (Å²) in [6.45, 7) is 7.77. The lowest BCUT2D eigenvalue weighted by Crippen LogP contribution is -2.43. The van der Waals surface area contributed by atoms with Gasteiger partial charge in [-0.2, -0.15) is 0 Å². The minimum atomic E-state index is -1.35. The first-order chi connectivity index (χ1) is 16.3. The van der Waals surface area contributed by atoms with Crippen molar-refractivity contribution < 1.29 is 9.59 Å².